The number of carbonyl (C=O) groups is 1. The molecule has 2 heterocycles. The molecule has 19 heavy (non-hydrogen) atoms. The normalized spacial score (nSPS) is 19.8. The highest BCUT2D eigenvalue weighted by Crippen LogP contribution is 2.20. The zero-order chi connectivity index (χ0) is 13.8. The Balaban J connectivity index is 1.91. The van der Waals surface area contributed by atoms with Crippen molar-refractivity contribution in [2.45, 2.75) is 26.3 Å². The number of anilines is 1. The largest absolute Gasteiger partial charge is 0.476 e. The smallest absolute Gasteiger partial charge is 0.356 e. The van der Waals surface area contributed by atoms with Crippen LogP contribution < -0.4 is 5.32 Å². The van der Waals surface area contributed by atoms with Crippen LogP contribution in [0.4, 0.5) is 5.69 Å². The Bertz CT molecular complexity index is 448. The Kier molecular flexibility index (Phi) is 4.37. The first-order chi connectivity index (χ1) is 9.08. The summed E-state index contributed by atoms with van der Waals surface area (Å²) in [6.07, 6.45) is 2.67. The van der Waals surface area contributed by atoms with Crippen LogP contribution in [-0.4, -0.2) is 46.6 Å². The Labute approximate surface area is 113 Å². The Hall–Kier alpha value is -1.62. The third kappa shape index (κ3) is 3.44. The van der Waals surface area contributed by atoms with Crippen molar-refractivity contribution in [2.75, 3.05) is 25.0 Å². The van der Waals surface area contributed by atoms with Gasteiger partial charge in [-0.25, -0.2) is 9.78 Å². The standard InChI is InChI=1S/C14H21N3O2/c1-10(2)17-7-5-11(9-17)8-16-12-4-3-6-15-13(12)14(18)19/h3-4,6,10-11,16H,5,7-9H2,1-2H3,(H,18,19). The van der Waals surface area contributed by atoms with E-state index in [0.717, 1.165) is 26.1 Å². The molecular weight excluding hydrogens is 242 g/mol. The lowest BCUT2D eigenvalue weighted by molar-refractivity contribution is 0.0691. The predicted octanol–water partition coefficient (Wildman–Crippen LogP) is 1.92. The summed E-state index contributed by atoms with van der Waals surface area (Å²) >= 11 is 0. The number of hydrogen-bond donors (Lipinski definition) is 2. The zero-order valence-electron chi connectivity index (χ0n) is 11.5. The van der Waals surface area contributed by atoms with Crippen molar-refractivity contribution in [3.05, 3.63) is 24.0 Å². The maximum atomic E-state index is 11.0. The molecule has 1 aromatic rings. The number of likely N-dealkylation sites (tertiary alicyclic amines) is 1. The van der Waals surface area contributed by atoms with Crippen molar-refractivity contribution in [2.24, 2.45) is 5.92 Å². The summed E-state index contributed by atoms with van der Waals surface area (Å²) in [6, 6.07) is 4.10. The molecule has 104 valence electrons. The predicted molar refractivity (Wildman–Crippen MR) is 74.5 cm³/mol. The van der Waals surface area contributed by atoms with E-state index in [1.807, 2.05) is 0 Å². The van der Waals surface area contributed by atoms with E-state index in [0.29, 0.717) is 17.6 Å². The fourth-order valence-corrected chi connectivity index (χ4v) is 2.47. The summed E-state index contributed by atoms with van der Waals surface area (Å²) < 4.78 is 0. The highest BCUT2D eigenvalue weighted by Gasteiger charge is 2.24. The molecule has 5 heteroatoms. The number of nitrogens with one attached hydrogen (secondary N) is 1. The molecule has 0 amide bonds. The fourth-order valence-electron chi connectivity index (χ4n) is 2.47. The average Bonchev–Trinajstić information content (AvgIpc) is 2.85. The first kappa shape index (κ1) is 13.8. The number of rotatable bonds is 5. The van der Waals surface area contributed by atoms with E-state index >= 15 is 0 Å². The molecule has 2 N–H and O–H groups in total. The number of carboxylic acids is 1. The second kappa shape index (κ2) is 6.02. The van der Waals surface area contributed by atoms with Crippen molar-refractivity contribution >= 4 is 11.7 Å². The van der Waals surface area contributed by atoms with Crippen molar-refractivity contribution in [3.8, 4) is 0 Å². The van der Waals surface area contributed by atoms with E-state index in [9.17, 15) is 4.79 Å². The molecule has 5 nitrogen and oxygen atoms in total. The molecular formula is C14H21N3O2. The van der Waals surface area contributed by atoms with Crippen molar-refractivity contribution in [1.29, 1.82) is 0 Å². The lowest BCUT2D eigenvalue weighted by Gasteiger charge is -2.20. The van der Waals surface area contributed by atoms with Crippen molar-refractivity contribution in [3.63, 3.8) is 0 Å². The van der Waals surface area contributed by atoms with Gasteiger partial charge in [0.2, 0.25) is 0 Å². The topological polar surface area (TPSA) is 65.5 Å². The molecule has 0 saturated carbocycles. The van der Waals surface area contributed by atoms with Crippen LogP contribution in [0, 0.1) is 5.92 Å². The minimum absolute atomic E-state index is 0.0983. The van der Waals surface area contributed by atoms with Crippen LogP contribution in [0.15, 0.2) is 18.3 Å². The number of carboxylic acid groups (broad SMARTS) is 1. The Morgan fingerprint density at radius 2 is 2.42 bits per heavy atom. The fraction of sp³-hybridized carbons (Fsp3) is 0.571. The highest BCUT2D eigenvalue weighted by molar-refractivity contribution is 5.91. The Morgan fingerprint density at radius 3 is 3.05 bits per heavy atom. The summed E-state index contributed by atoms with van der Waals surface area (Å²) in [5.74, 6) is -0.414. The van der Waals surface area contributed by atoms with E-state index in [-0.39, 0.29) is 5.69 Å². The second-order valence-corrected chi connectivity index (χ2v) is 5.33. The van der Waals surface area contributed by atoms with Gasteiger partial charge in [0, 0.05) is 25.3 Å². The maximum Gasteiger partial charge on any atom is 0.356 e. The first-order valence-electron chi connectivity index (χ1n) is 6.74. The zero-order valence-corrected chi connectivity index (χ0v) is 11.5. The van der Waals surface area contributed by atoms with Crippen LogP contribution in [0.1, 0.15) is 30.8 Å². The number of pyridine rings is 1. The first-order valence-corrected chi connectivity index (χ1v) is 6.74. The third-order valence-corrected chi connectivity index (χ3v) is 3.64. The van der Waals surface area contributed by atoms with Crippen LogP contribution in [0.3, 0.4) is 0 Å². The van der Waals surface area contributed by atoms with Crippen LogP contribution >= 0.6 is 0 Å². The van der Waals surface area contributed by atoms with Gasteiger partial charge in [0.15, 0.2) is 5.69 Å². The SMILES string of the molecule is CC(C)N1CCC(CNc2cccnc2C(=O)O)C1. The molecule has 1 fully saturated rings. The van der Waals surface area contributed by atoms with E-state index in [1.165, 1.54) is 6.20 Å². The van der Waals surface area contributed by atoms with Gasteiger partial charge in [0.05, 0.1) is 5.69 Å². The minimum atomic E-state index is -0.988. The van der Waals surface area contributed by atoms with Gasteiger partial charge in [0.25, 0.3) is 0 Å². The average molecular weight is 263 g/mol. The molecule has 1 atom stereocenters. The van der Waals surface area contributed by atoms with Gasteiger partial charge < -0.3 is 15.3 Å². The quantitative estimate of drug-likeness (QED) is 0.849. The monoisotopic (exact) mass is 263 g/mol. The van der Waals surface area contributed by atoms with E-state index < -0.39 is 5.97 Å². The summed E-state index contributed by atoms with van der Waals surface area (Å²) in [7, 11) is 0. The van der Waals surface area contributed by atoms with E-state index in [4.69, 9.17) is 5.11 Å². The van der Waals surface area contributed by atoms with Gasteiger partial charge in [-0.15, -0.1) is 0 Å². The molecule has 0 radical (unpaired) electrons. The summed E-state index contributed by atoms with van der Waals surface area (Å²) in [6.45, 7) is 7.42. The molecule has 2 rings (SSSR count). The van der Waals surface area contributed by atoms with Gasteiger partial charge in [0.1, 0.15) is 0 Å². The summed E-state index contributed by atoms with van der Waals surface area (Å²) in [4.78, 5) is 17.4. The number of nitrogens with zero attached hydrogens (tertiary/aromatic N) is 2. The number of aromatic nitrogens is 1. The summed E-state index contributed by atoms with van der Waals surface area (Å²) in [5.41, 5.74) is 0.708. The lowest BCUT2D eigenvalue weighted by Crippen LogP contribution is -2.29. The van der Waals surface area contributed by atoms with Crippen LogP contribution in [0.2, 0.25) is 0 Å². The minimum Gasteiger partial charge on any atom is -0.476 e. The van der Waals surface area contributed by atoms with E-state index in [1.54, 1.807) is 12.1 Å². The number of aromatic carboxylic acids is 1. The molecule has 1 unspecified atom stereocenters. The molecule has 0 bridgehead atoms. The Morgan fingerprint density at radius 1 is 1.63 bits per heavy atom. The van der Waals surface area contributed by atoms with Gasteiger partial charge in [-0.3, -0.25) is 0 Å². The van der Waals surface area contributed by atoms with Crippen LogP contribution in [0.5, 0.6) is 0 Å². The molecule has 0 spiro atoms. The number of hydrogen-bond acceptors (Lipinski definition) is 4. The van der Waals surface area contributed by atoms with Gasteiger partial charge >= 0.3 is 5.97 Å². The van der Waals surface area contributed by atoms with Gasteiger partial charge in [-0.2, -0.15) is 0 Å². The molecule has 1 aliphatic rings. The lowest BCUT2D eigenvalue weighted by atomic mass is 10.1. The van der Waals surface area contributed by atoms with Crippen LogP contribution in [-0.2, 0) is 0 Å². The molecule has 1 aromatic heterocycles. The molecule has 0 aromatic carbocycles. The second-order valence-electron chi connectivity index (χ2n) is 5.33. The third-order valence-electron chi connectivity index (χ3n) is 3.64. The molecule has 1 aliphatic heterocycles. The van der Waals surface area contributed by atoms with Crippen molar-refractivity contribution < 1.29 is 9.90 Å². The summed E-state index contributed by atoms with van der Waals surface area (Å²) in [5, 5.41) is 12.3. The van der Waals surface area contributed by atoms with Gasteiger partial charge in [-0.1, -0.05) is 0 Å². The highest BCUT2D eigenvalue weighted by atomic mass is 16.4. The van der Waals surface area contributed by atoms with Crippen molar-refractivity contribution in [1.82, 2.24) is 9.88 Å². The molecule has 0 aliphatic carbocycles. The molecule has 1 saturated heterocycles. The van der Waals surface area contributed by atoms with Crippen LogP contribution in [0.25, 0.3) is 0 Å². The van der Waals surface area contributed by atoms with Gasteiger partial charge in [-0.05, 0) is 44.9 Å². The maximum absolute atomic E-state index is 11.0. The van der Waals surface area contributed by atoms with E-state index in [2.05, 4.69) is 29.0 Å².